The number of imide groups is 1. The van der Waals surface area contributed by atoms with Gasteiger partial charge in [-0.1, -0.05) is 6.07 Å². The highest BCUT2D eigenvalue weighted by atomic mass is 32.1. The van der Waals surface area contributed by atoms with Crippen molar-refractivity contribution in [2.75, 3.05) is 7.05 Å². The van der Waals surface area contributed by atoms with Crippen LogP contribution in [-0.4, -0.2) is 35.8 Å². The van der Waals surface area contributed by atoms with E-state index in [1.807, 2.05) is 24.4 Å². The molecular formula is C13H17N3O3S. The van der Waals surface area contributed by atoms with Crippen LogP contribution in [0.1, 0.15) is 30.7 Å². The molecule has 2 heterocycles. The van der Waals surface area contributed by atoms with Crippen molar-refractivity contribution in [3.05, 3.63) is 22.4 Å². The minimum absolute atomic E-state index is 0.00879. The molecule has 0 bridgehead atoms. The molecule has 2 atom stereocenters. The van der Waals surface area contributed by atoms with E-state index in [0.29, 0.717) is 6.42 Å². The van der Waals surface area contributed by atoms with E-state index in [9.17, 15) is 14.4 Å². The van der Waals surface area contributed by atoms with Gasteiger partial charge in [-0.05, 0) is 24.8 Å². The Bertz CT molecular complexity index is 515. The normalized spacial score (nSPS) is 19.4. The molecule has 1 fully saturated rings. The maximum Gasteiger partial charge on any atom is 0.322 e. The Morgan fingerprint density at radius 1 is 1.50 bits per heavy atom. The SMILES string of the molecule is C[C@@H](c1cccs1)N(C)C(=O)CC[C@H]1NC(=O)NC1=O. The minimum atomic E-state index is -0.600. The van der Waals surface area contributed by atoms with Crippen molar-refractivity contribution in [3.8, 4) is 0 Å². The Kier molecular flexibility index (Phi) is 4.39. The Balaban J connectivity index is 1.85. The van der Waals surface area contributed by atoms with E-state index in [0.717, 1.165) is 4.88 Å². The van der Waals surface area contributed by atoms with Crippen molar-refractivity contribution < 1.29 is 14.4 Å². The van der Waals surface area contributed by atoms with Gasteiger partial charge < -0.3 is 10.2 Å². The molecule has 4 amide bonds. The summed E-state index contributed by atoms with van der Waals surface area (Å²) in [5, 5.41) is 6.61. The Hall–Kier alpha value is -1.89. The summed E-state index contributed by atoms with van der Waals surface area (Å²) in [6.45, 7) is 1.97. The lowest BCUT2D eigenvalue weighted by atomic mass is 10.1. The molecule has 0 unspecified atom stereocenters. The summed E-state index contributed by atoms with van der Waals surface area (Å²) < 4.78 is 0. The van der Waals surface area contributed by atoms with Crippen LogP contribution < -0.4 is 10.6 Å². The number of hydrogen-bond donors (Lipinski definition) is 2. The van der Waals surface area contributed by atoms with Crippen molar-refractivity contribution in [2.24, 2.45) is 0 Å². The number of carbonyl (C=O) groups is 3. The number of urea groups is 1. The van der Waals surface area contributed by atoms with Crippen molar-refractivity contribution in [3.63, 3.8) is 0 Å². The van der Waals surface area contributed by atoms with Crippen LogP contribution in [0.5, 0.6) is 0 Å². The number of thiophene rings is 1. The number of nitrogens with one attached hydrogen (secondary N) is 2. The first kappa shape index (κ1) is 14.5. The molecule has 7 heteroatoms. The van der Waals surface area contributed by atoms with Gasteiger partial charge in [-0.15, -0.1) is 11.3 Å². The van der Waals surface area contributed by atoms with Gasteiger partial charge in [0.05, 0.1) is 6.04 Å². The summed E-state index contributed by atoms with van der Waals surface area (Å²) in [6.07, 6.45) is 0.544. The predicted molar refractivity (Wildman–Crippen MR) is 75.2 cm³/mol. The van der Waals surface area contributed by atoms with Gasteiger partial charge >= 0.3 is 6.03 Å². The fourth-order valence-electron chi connectivity index (χ4n) is 2.04. The maximum atomic E-state index is 12.1. The van der Waals surface area contributed by atoms with Gasteiger partial charge in [-0.3, -0.25) is 14.9 Å². The van der Waals surface area contributed by atoms with Crippen LogP contribution in [0.25, 0.3) is 0 Å². The molecule has 2 rings (SSSR count). The highest BCUT2D eigenvalue weighted by Gasteiger charge is 2.30. The average Bonchev–Trinajstić information content (AvgIpc) is 3.04. The second kappa shape index (κ2) is 6.04. The van der Waals surface area contributed by atoms with Crippen molar-refractivity contribution >= 4 is 29.2 Å². The van der Waals surface area contributed by atoms with E-state index in [1.54, 1.807) is 23.3 Å². The summed E-state index contributed by atoms with van der Waals surface area (Å²) in [5.74, 6) is -0.406. The first-order valence-electron chi connectivity index (χ1n) is 6.39. The van der Waals surface area contributed by atoms with E-state index in [1.165, 1.54) is 0 Å². The summed E-state index contributed by atoms with van der Waals surface area (Å²) >= 11 is 1.61. The molecule has 2 N–H and O–H groups in total. The molecule has 0 saturated carbocycles. The molecule has 1 aliphatic heterocycles. The second-order valence-electron chi connectivity index (χ2n) is 4.75. The van der Waals surface area contributed by atoms with E-state index in [4.69, 9.17) is 0 Å². The van der Waals surface area contributed by atoms with Crippen LogP contribution in [0.15, 0.2) is 17.5 Å². The predicted octanol–water partition coefficient (Wildman–Crippen LogP) is 1.26. The van der Waals surface area contributed by atoms with Crippen LogP contribution in [-0.2, 0) is 9.59 Å². The largest absolute Gasteiger partial charge is 0.338 e. The van der Waals surface area contributed by atoms with Crippen LogP contribution >= 0.6 is 11.3 Å². The summed E-state index contributed by atoms with van der Waals surface area (Å²) in [5.41, 5.74) is 0. The van der Waals surface area contributed by atoms with Crippen LogP contribution in [0.4, 0.5) is 4.79 Å². The number of amides is 4. The van der Waals surface area contributed by atoms with Gasteiger partial charge in [0.25, 0.3) is 5.91 Å². The van der Waals surface area contributed by atoms with E-state index in [2.05, 4.69) is 10.6 Å². The second-order valence-corrected chi connectivity index (χ2v) is 5.73. The van der Waals surface area contributed by atoms with Crippen LogP contribution in [0.3, 0.4) is 0 Å². The fraction of sp³-hybridized carbons (Fsp3) is 0.462. The zero-order valence-corrected chi connectivity index (χ0v) is 12.2. The molecule has 1 aromatic rings. The first-order valence-corrected chi connectivity index (χ1v) is 7.27. The monoisotopic (exact) mass is 295 g/mol. The molecule has 0 radical (unpaired) electrons. The van der Waals surface area contributed by atoms with Gasteiger partial charge in [0.15, 0.2) is 0 Å². The van der Waals surface area contributed by atoms with E-state index >= 15 is 0 Å². The third-order valence-electron chi connectivity index (χ3n) is 3.43. The third kappa shape index (κ3) is 3.16. The zero-order chi connectivity index (χ0) is 14.7. The van der Waals surface area contributed by atoms with Crippen molar-refractivity contribution in [2.45, 2.75) is 31.8 Å². The molecule has 0 spiro atoms. The lowest BCUT2D eigenvalue weighted by Gasteiger charge is -2.24. The molecule has 108 valence electrons. The fourth-order valence-corrected chi connectivity index (χ4v) is 2.87. The average molecular weight is 295 g/mol. The molecule has 6 nitrogen and oxygen atoms in total. The molecule has 1 aromatic heterocycles. The van der Waals surface area contributed by atoms with Crippen molar-refractivity contribution in [1.29, 1.82) is 0 Å². The zero-order valence-electron chi connectivity index (χ0n) is 11.4. The number of hydrogen-bond acceptors (Lipinski definition) is 4. The molecule has 1 aliphatic rings. The topological polar surface area (TPSA) is 78.5 Å². The van der Waals surface area contributed by atoms with Crippen molar-refractivity contribution in [1.82, 2.24) is 15.5 Å². The van der Waals surface area contributed by atoms with Gasteiger partial charge in [-0.25, -0.2) is 4.79 Å². The molecular weight excluding hydrogens is 278 g/mol. The Labute approximate surface area is 121 Å². The number of carbonyl (C=O) groups excluding carboxylic acids is 3. The number of rotatable bonds is 5. The number of nitrogens with zero attached hydrogens (tertiary/aromatic N) is 1. The lowest BCUT2D eigenvalue weighted by molar-refractivity contribution is -0.132. The third-order valence-corrected chi connectivity index (χ3v) is 4.48. The Morgan fingerprint density at radius 2 is 2.25 bits per heavy atom. The lowest BCUT2D eigenvalue weighted by Crippen LogP contribution is -2.33. The van der Waals surface area contributed by atoms with E-state index < -0.39 is 12.1 Å². The maximum absolute atomic E-state index is 12.1. The van der Waals surface area contributed by atoms with Crippen LogP contribution in [0.2, 0.25) is 0 Å². The van der Waals surface area contributed by atoms with E-state index in [-0.39, 0.29) is 24.3 Å². The smallest absolute Gasteiger partial charge is 0.322 e. The van der Waals surface area contributed by atoms with Gasteiger partial charge in [0.2, 0.25) is 5.91 Å². The molecule has 0 aliphatic carbocycles. The quantitative estimate of drug-likeness (QED) is 0.803. The van der Waals surface area contributed by atoms with Gasteiger partial charge in [-0.2, -0.15) is 0 Å². The minimum Gasteiger partial charge on any atom is -0.338 e. The highest BCUT2D eigenvalue weighted by molar-refractivity contribution is 7.10. The molecule has 20 heavy (non-hydrogen) atoms. The van der Waals surface area contributed by atoms with Crippen LogP contribution in [0, 0.1) is 0 Å². The first-order chi connectivity index (χ1) is 9.49. The summed E-state index contributed by atoms with van der Waals surface area (Å²) in [6, 6.07) is 2.86. The standard InChI is InChI=1S/C13H17N3O3S/c1-8(10-4-3-7-20-10)16(2)11(17)6-5-9-12(18)15-13(19)14-9/h3-4,7-9H,5-6H2,1-2H3,(H2,14,15,18,19)/t8-,9+/m0/s1. The van der Waals surface area contributed by atoms with Gasteiger partial charge in [0, 0.05) is 18.3 Å². The molecule has 0 aromatic carbocycles. The summed E-state index contributed by atoms with van der Waals surface area (Å²) in [4.78, 5) is 37.2. The summed E-state index contributed by atoms with van der Waals surface area (Å²) in [7, 11) is 1.75. The Morgan fingerprint density at radius 3 is 2.80 bits per heavy atom. The molecule has 1 saturated heterocycles. The van der Waals surface area contributed by atoms with Gasteiger partial charge in [0.1, 0.15) is 6.04 Å². The highest BCUT2D eigenvalue weighted by Crippen LogP contribution is 2.24.